The number of thioether (sulfide) groups is 1. The summed E-state index contributed by atoms with van der Waals surface area (Å²) in [6.07, 6.45) is 1.95. The molecule has 2 atom stereocenters. The lowest BCUT2D eigenvalue weighted by Crippen LogP contribution is -2.42. The zero-order valence-corrected chi connectivity index (χ0v) is 10.3. The summed E-state index contributed by atoms with van der Waals surface area (Å²) in [7, 11) is 0. The molecule has 0 aliphatic heterocycles. The van der Waals surface area contributed by atoms with Crippen LogP contribution in [0.5, 0.6) is 0 Å². The molecule has 0 radical (unpaired) electrons. The third-order valence-corrected chi connectivity index (χ3v) is 2.94. The number of amidine groups is 1. The molecule has 0 fully saturated rings. The van der Waals surface area contributed by atoms with Crippen LogP contribution in [0, 0.1) is 5.92 Å². The molecule has 0 aliphatic carbocycles. The minimum atomic E-state index is -0.718. The van der Waals surface area contributed by atoms with E-state index in [1.807, 2.05) is 13.2 Å². The number of rotatable bonds is 7. The summed E-state index contributed by atoms with van der Waals surface area (Å²) in [6, 6.07) is 0. The Kier molecular flexibility index (Phi) is 6.71. The minimum Gasteiger partial charge on any atom is -0.409 e. The van der Waals surface area contributed by atoms with E-state index in [1.165, 1.54) is 0 Å². The van der Waals surface area contributed by atoms with Crippen molar-refractivity contribution in [2.24, 2.45) is 16.8 Å². The van der Waals surface area contributed by atoms with Crippen LogP contribution in [0.3, 0.4) is 0 Å². The highest BCUT2D eigenvalue weighted by molar-refractivity contribution is 7.98. The van der Waals surface area contributed by atoms with Gasteiger partial charge in [-0.2, -0.15) is 11.8 Å². The molecule has 0 spiro atoms. The average molecular weight is 235 g/mol. The van der Waals surface area contributed by atoms with Crippen molar-refractivity contribution in [3.05, 3.63) is 0 Å². The van der Waals surface area contributed by atoms with Crippen LogP contribution < -0.4 is 11.1 Å². The maximum Gasteiger partial charge on any atom is 0.143 e. The van der Waals surface area contributed by atoms with Crippen molar-refractivity contribution in [1.82, 2.24) is 5.32 Å². The van der Waals surface area contributed by atoms with Gasteiger partial charge in [0.25, 0.3) is 0 Å². The van der Waals surface area contributed by atoms with Crippen LogP contribution in [0.2, 0.25) is 0 Å². The summed E-state index contributed by atoms with van der Waals surface area (Å²) in [5.74, 6) is 0.838. The fourth-order valence-corrected chi connectivity index (χ4v) is 1.85. The predicted octanol–water partition coefficient (Wildman–Crippen LogP) is 0.0725. The summed E-state index contributed by atoms with van der Waals surface area (Å²) in [6.45, 7) is 4.72. The Morgan fingerprint density at radius 2 is 2.27 bits per heavy atom. The van der Waals surface area contributed by atoms with Gasteiger partial charge >= 0.3 is 0 Å². The molecule has 5 nitrogen and oxygen atoms in total. The van der Waals surface area contributed by atoms with E-state index in [-0.39, 0.29) is 11.8 Å². The van der Waals surface area contributed by atoms with Crippen molar-refractivity contribution >= 4 is 17.6 Å². The number of nitrogens with one attached hydrogen (secondary N) is 1. The first-order valence-electron chi connectivity index (χ1n) is 4.82. The first kappa shape index (κ1) is 14.5. The highest BCUT2D eigenvalue weighted by Gasteiger charge is 2.19. The molecule has 0 heterocycles. The second kappa shape index (κ2) is 6.92. The number of nitrogens with two attached hydrogens (primary N) is 1. The van der Waals surface area contributed by atoms with Crippen molar-refractivity contribution in [2.45, 2.75) is 19.4 Å². The molecule has 0 rings (SSSR count). The second-order valence-electron chi connectivity index (χ2n) is 3.99. The van der Waals surface area contributed by atoms with Gasteiger partial charge < -0.3 is 21.4 Å². The monoisotopic (exact) mass is 235 g/mol. The van der Waals surface area contributed by atoms with Gasteiger partial charge in [0.05, 0.1) is 5.60 Å². The number of hydrogen-bond acceptors (Lipinski definition) is 5. The Morgan fingerprint density at radius 1 is 1.67 bits per heavy atom. The summed E-state index contributed by atoms with van der Waals surface area (Å²) in [5.41, 5.74) is 4.70. The van der Waals surface area contributed by atoms with Gasteiger partial charge in [-0.05, 0) is 13.2 Å². The SMILES string of the molecule is CSCC(C)(O)CNCC(C)C(N)=NO. The van der Waals surface area contributed by atoms with Gasteiger partial charge in [-0.25, -0.2) is 0 Å². The summed E-state index contributed by atoms with van der Waals surface area (Å²) >= 11 is 1.60. The van der Waals surface area contributed by atoms with E-state index in [2.05, 4.69) is 10.5 Å². The third kappa shape index (κ3) is 6.59. The van der Waals surface area contributed by atoms with Crippen LogP contribution in [0.25, 0.3) is 0 Å². The lowest BCUT2D eigenvalue weighted by atomic mass is 10.1. The molecule has 0 amide bonds. The zero-order valence-electron chi connectivity index (χ0n) is 9.53. The van der Waals surface area contributed by atoms with E-state index in [4.69, 9.17) is 10.9 Å². The Morgan fingerprint density at radius 3 is 2.73 bits per heavy atom. The molecule has 0 aliphatic rings. The topological polar surface area (TPSA) is 90.9 Å². The molecule has 90 valence electrons. The van der Waals surface area contributed by atoms with E-state index in [0.29, 0.717) is 18.8 Å². The van der Waals surface area contributed by atoms with Crippen molar-refractivity contribution < 1.29 is 10.3 Å². The Labute approximate surface area is 95.1 Å². The van der Waals surface area contributed by atoms with Crippen LogP contribution in [-0.2, 0) is 0 Å². The van der Waals surface area contributed by atoms with Gasteiger partial charge in [0.15, 0.2) is 0 Å². The fraction of sp³-hybridized carbons (Fsp3) is 0.889. The van der Waals surface area contributed by atoms with Gasteiger partial charge in [0.1, 0.15) is 5.84 Å². The second-order valence-corrected chi connectivity index (χ2v) is 4.85. The predicted molar refractivity (Wildman–Crippen MR) is 64.4 cm³/mol. The van der Waals surface area contributed by atoms with Gasteiger partial charge in [-0.1, -0.05) is 12.1 Å². The Hall–Kier alpha value is -0.460. The molecule has 0 aromatic carbocycles. The molecule has 2 unspecified atom stereocenters. The first-order valence-corrected chi connectivity index (χ1v) is 6.22. The molecule has 5 N–H and O–H groups in total. The quantitative estimate of drug-likeness (QED) is 0.217. The summed E-state index contributed by atoms with van der Waals surface area (Å²) in [5, 5.41) is 24.3. The van der Waals surface area contributed by atoms with Crippen LogP contribution in [0.15, 0.2) is 5.16 Å². The minimum absolute atomic E-state index is 0.0416. The fourth-order valence-electron chi connectivity index (χ4n) is 1.12. The molecular formula is C9H21N3O2S. The van der Waals surface area contributed by atoms with Crippen molar-refractivity contribution in [3.63, 3.8) is 0 Å². The summed E-state index contributed by atoms with van der Waals surface area (Å²) in [4.78, 5) is 0. The van der Waals surface area contributed by atoms with E-state index in [9.17, 15) is 5.11 Å². The standard InChI is InChI=1S/C9H21N3O2S/c1-7(8(10)12-14)4-11-5-9(2,13)6-15-3/h7,11,13-14H,4-6H2,1-3H3,(H2,10,12). The van der Waals surface area contributed by atoms with Gasteiger partial charge in [-0.3, -0.25) is 0 Å². The third-order valence-electron chi connectivity index (χ3n) is 2.03. The Bertz CT molecular complexity index is 210. The molecule has 0 saturated carbocycles. The zero-order chi connectivity index (χ0) is 11.9. The number of oxime groups is 1. The first-order chi connectivity index (χ1) is 6.93. The molecule has 0 saturated heterocycles. The Balaban J connectivity index is 3.79. The number of nitrogens with zero attached hydrogens (tertiary/aromatic N) is 1. The molecule has 0 aromatic rings. The smallest absolute Gasteiger partial charge is 0.143 e. The maximum atomic E-state index is 9.83. The molecule has 0 bridgehead atoms. The van der Waals surface area contributed by atoms with E-state index < -0.39 is 5.60 Å². The molecule has 15 heavy (non-hydrogen) atoms. The number of hydrogen-bond donors (Lipinski definition) is 4. The summed E-state index contributed by atoms with van der Waals surface area (Å²) < 4.78 is 0. The molecule has 6 heteroatoms. The highest BCUT2D eigenvalue weighted by Crippen LogP contribution is 2.09. The van der Waals surface area contributed by atoms with Gasteiger partial charge in [0, 0.05) is 24.8 Å². The number of aliphatic hydroxyl groups is 1. The van der Waals surface area contributed by atoms with E-state index >= 15 is 0 Å². The van der Waals surface area contributed by atoms with E-state index in [1.54, 1.807) is 18.7 Å². The molecular weight excluding hydrogens is 214 g/mol. The van der Waals surface area contributed by atoms with Crippen molar-refractivity contribution in [3.8, 4) is 0 Å². The van der Waals surface area contributed by atoms with Crippen molar-refractivity contribution in [2.75, 3.05) is 25.1 Å². The van der Waals surface area contributed by atoms with Crippen LogP contribution in [-0.4, -0.2) is 46.8 Å². The van der Waals surface area contributed by atoms with Crippen LogP contribution >= 0.6 is 11.8 Å². The molecule has 0 aromatic heterocycles. The lowest BCUT2D eigenvalue weighted by molar-refractivity contribution is 0.0846. The van der Waals surface area contributed by atoms with E-state index in [0.717, 1.165) is 0 Å². The highest BCUT2D eigenvalue weighted by atomic mass is 32.2. The maximum absolute atomic E-state index is 9.83. The van der Waals surface area contributed by atoms with Gasteiger partial charge in [-0.15, -0.1) is 0 Å². The van der Waals surface area contributed by atoms with Crippen LogP contribution in [0.1, 0.15) is 13.8 Å². The normalized spacial score (nSPS) is 18.5. The van der Waals surface area contributed by atoms with Crippen LogP contribution in [0.4, 0.5) is 0 Å². The lowest BCUT2D eigenvalue weighted by Gasteiger charge is -2.23. The average Bonchev–Trinajstić information content (AvgIpc) is 2.15. The largest absolute Gasteiger partial charge is 0.409 e. The van der Waals surface area contributed by atoms with Gasteiger partial charge in [0.2, 0.25) is 0 Å². The van der Waals surface area contributed by atoms with Crippen molar-refractivity contribution in [1.29, 1.82) is 0 Å².